The lowest BCUT2D eigenvalue weighted by atomic mass is 10.0. The molecule has 2 saturated carbocycles. The first-order valence-corrected chi connectivity index (χ1v) is 20.9. The third kappa shape index (κ3) is 11.7. The van der Waals surface area contributed by atoms with E-state index in [0.717, 1.165) is 70.6 Å². The quantitative estimate of drug-likeness (QED) is 0.139. The lowest BCUT2D eigenvalue weighted by Crippen LogP contribution is -2.33. The van der Waals surface area contributed by atoms with Crippen LogP contribution in [0.15, 0.2) is 19.3 Å². The smallest absolute Gasteiger partial charge is 0.225 e. The van der Waals surface area contributed by atoms with Crippen molar-refractivity contribution < 1.29 is 33.7 Å². The van der Waals surface area contributed by atoms with Crippen molar-refractivity contribution in [3.8, 4) is 0 Å². The van der Waals surface area contributed by atoms with Crippen LogP contribution in [-0.2, 0) is 39.7 Å². The van der Waals surface area contributed by atoms with Crippen LogP contribution in [0.1, 0.15) is 122 Å². The Morgan fingerprint density at radius 2 is 0.925 bits per heavy atom. The summed E-state index contributed by atoms with van der Waals surface area (Å²) in [6.45, 7) is 2.09. The molecule has 0 N–H and O–H groups in total. The Kier molecular flexibility index (Phi) is 14.6. The monoisotopic (exact) mass is 646 g/mol. The molecule has 0 unspecified atom stereocenters. The summed E-state index contributed by atoms with van der Waals surface area (Å²) in [6, 6.07) is 0. The van der Waals surface area contributed by atoms with E-state index < -0.39 is 66.6 Å². The van der Waals surface area contributed by atoms with E-state index in [2.05, 4.69) is 26.2 Å². The molecule has 2 aliphatic carbocycles. The SMILES string of the molecule is CCCCCCCCCC(S(=O)(=O)CN=NS(=O)(=O)C1CCCCC1)S(=O)(=O)CN=NS(=O)(=O)C1CCCCC1. The highest BCUT2D eigenvalue weighted by Crippen LogP contribution is 2.27. The van der Waals surface area contributed by atoms with Crippen LogP contribution in [0.3, 0.4) is 0 Å². The number of hydrogen-bond acceptors (Lipinski definition) is 10. The average Bonchev–Trinajstić information content (AvgIpc) is 2.90. The van der Waals surface area contributed by atoms with Crippen molar-refractivity contribution in [2.75, 3.05) is 11.8 Å². The molecule has 2 aliphatic rings. The first kappa shape index (κ1) is 35.2. The second-order valence-electron chi connectivity index (χ2n) is 10.9. The zero-order valence-corrected chi connectivity index (χ0v) is 26.8. The Labute approximate surface area is 241 Å². The van der Waals surface area contributed by atoms with Crippen LogP contribution < -0.4 is 0 Å². The van der Waals surface area contributed by atoms with Gasteiger partial charge in [0.15, 0.2) is 36.0 Å². The highest BCUT2D eigenvalue weighted by atomic mass is 32.3. The minimum atomic E-state index is -4.48. The minimum absolute atomic E-state index is 0.228. The van der Waals surface area contributed by atoms with Crippen molar-refractivity contribution in [3.05, 3.63) is 0 Å². The van der Waals surface area contributed by atoms with E-state index in [1.807, 2.05) is 0 Å². The van der Waals surface area contributed by atoms with Gasteiger partial charge in [0.05, 0.1) is 10.5 Å². The Bertz CT molecular complexity index is 1160. The van der Waals surface area contributed by atoms with Crippen LogP contribution in [0, 0.1) is 0 Å². The van der Waals surface area contributed by atoms with Crippen molar-refractivity contribution in [2.45, 2.75) is 138 Å². The Balaban J connectivity index is 2.13. The summed E-state index contributed by atoms with van der Waals surface area (Å²) in [5, 5.41) is 5.40. The van der Waals surface area contributed by atoms with Gasteiger partial charge in [0.25, 0.3) is 20.0 Å². The van der Waals surface area contributed by atoms with E-state index >= 15 is 0 Å². The molecule has 2 rings (SSSR count). The Hall–Kier alpha value is -1.00. The van der Waals surface area contributed by atoms with Gasteiger partial charge >= 0.3 is 0 Å². The number of unbranched alkanes of at least 4 members (excludes halogenated alkanes) is 6. The summed E-state index contributed by atoms with van der Waals surface area (Å²) >= 11 is 0. The Morgan fingerprint density at radius 3 is 1.32 bits per heavy atom. The first-order chi connectivity index (χ1) is 18.8. The molecule has 16 heteroatoms. The van der Waals surface area contributed by atoms with E-state index in [1.165, 1.54) is 0 Å². The van der Waals surface area contributed by atoms with Crippen LogP contribution >= 0.6 is 0 Å². The second kappa shape index (κ2) is 16.6. The molecule has 234 valence electrons. The fourth-order valence-corrected chi connectivity index (χ4v) is 11.9. The van der Waals surface area contributed by atoms with Gasteiger partial charge in [0.2, 0.25) is 0 Å². The highest BCUT2D eigenvalue weighted by Gasteiger charge is 2.38. The van der Waals surface area contributed by atoms with Gasteiger partial charge in [-0.2, -0.15) is 10.2 Å². The normalized spacial score (nSPS) is 19.9. The fourth-order valence-electron chi connectivity index (χ4n) is 5.25. The third-order valence-corrected chi connectivity index (χ3v) is 15.7. The van der Waals surface area contributed by atoms with Crippen LogP contribution in [-0.4, -0.2) is 60.5 Å². The molecule has 0 aromatic rings. The van der Waals surface area contributed by atoms with Crippen LogP contribution in [0.25, 0.3) is 0 Å². The minimum Gasteiger partial charge on any atom is -0.225 e. The molecule has 0 radical (unpaired) electrons. The molecule has 0 aliphatic heterocycles. The number of sulfone groups is 2. The maximum Gasteiger partial charge on any atom is 0.273 e. The van der Waals surface area contributed by atoms with Gasteiger partial charge in [0.1, 0.15) is 0 Å². The molecule has 0 atom stereocenters. The van der Waals surface area contributed by atoms with Gasteiger partial charge < -0.3 is 0 Å². The maximum atomic E-state index is 13.1. The largest absolute Gasteiger partial charge is 0.273 e. The van der Waals surface area contributed by atoms with Crippen LogP contribution in [0.4, 0.5) is 0 Å². The number of rotatable bonds is 18. The van der Waals surface area contributed by atoms with Crippen molar-refractivity contribution >= 4 is 39.7 Å². The molecule has 0 heterocycles. The maximum absolute atomic E-state index is 13.1. The molecular formula is C24H46N4O8S4. The predicted octanol–water partition coefficient (Wildman–Crippen LogP) is 5.43. The summed E-state index contributed by atoms with van der Waals surface area (Å²) in [5.74, 6) is -2.20. The van der Waals surface area contributed by atoms with Crippen LogP contribution in [0.2, 0.25) is 0 Å². The van der Waals surface area contributed by atoms with Gasteiger partial charge in [-0.3, -0.25) is 0 Å². The summed E-state index contributed by atoms with van der Waals surface area (Å²) in [6.07, 6.45) is 12.2. The Morgan fingerprint density at radius 1 is 0.550 bits per heavy atom. The number of nitrogens with zero attached hydrogens (tertiary/aromatic N) is 4. The molecule has 0 amide bonds. The zero-order valence-electron chi connectivity index (χ0n) is 23.6. The fraction of sp³-hybridized carbons (Fsp3) is 1.00. The number of sulfonamides is 2. The highest BCUT2D eigenvalue weighted by molar-refractivity contribution is 8.09. The summed E-state index contributed by atoms with van der Waals surface area (Å²) in [4.78, 5) is 0. The molecule has 2 fully saturated rings. The summed E-state index contributed by atoms with van der Waals surface area (Å²) in [7, 11) is -17.0. The molecule has 40 heavy (non-hydrogen) atoms. The summed E-state index contributed by atoms with van der Waals surface area (Å²) in [5.41, 5.74) is 0. The van der Waals surface area contributed by atoms with Gasteiger partial charge in [-0.25, -0.2) is 33.7 Å². The van der Waals surface area contributed by atoms with Crippen LogP contribution in [0.5, 0.6) is 0 Å². The van der Waals surface area contributed by atoms with E-state index in [1.54, 1.807) is 0 Å². The average molecular weight is 647 g/mol. The van der Waals surface area contributed by atoms with Gasteiger partial charge in [0, 0.05) is 0 Å². The second-order valence-corrected chi connectivity index (χ2v) is 19.2. The third-order valence-electron chi connectivity index (χ3n) is 7.61. The molecule has 0 aromatic carbocycles. The van der Waals surface area contributed by atoms with Gasteiger partial charge in [-0.1, -0.05) is 99.4 Å². The molecule has 0 saturated heterocycles. The van der Waals surface area contributed by atoms with Gasteiger partial charge in [-0.15, -0.1) is 0 Å². The molecule has 0 bridgehead atoms. The lowest BCUT2D eigenvalue weighted by Gasteiger charge is -2.19. The van der Waals surface area contributed by atoms with Crippen molar-refractivity contribution in [1.29, 1.82) is 0 Å². The zero-order chi connectivity index (χ0) is 29.7. The first-order valence-electron chi connectivity index (χ1n) is 14.5. The van der Waals surface area contributed by atoms with Gasteiger partial charge in [-0.05, 0) is 32.1 Å². The van der Waals surface area contributed by atoms with Crippen molar-refractivity contribution in [1.82, 2.24) is 0 Å². The van der Waals surface area contributed by atoms with E-state index in [0.29, 0.717) is 38.5 Å². The standard InChI is InChI=1S/C24H46N4O8S4/c1-2-3-4-5-6-7-14-19-24(37(29,30)20-25-27-39(33,34)22-15-10-8-11-16-22)38(31,32)21-26-28-40(35,36)23-17-12-9-13-18-23/h22-24H,2-21H2,1H3. The van der Waals surface area contributed by atoms with Crippen molar-refractivity contribution in [3.63, 3.8) is 0 Å². The predicted molar refractivity (Wildman–Crippen MR) is 155 cm³/mol. The van der Waals surface area contributed by atoms with E-state index in [-0.39, 0.29) is 6.42 Å². The molecule has 0 spiro atoms. The van der Waals surface area contributed by atoms with E-state index in [4.69, 9.17) is 0 Å². The summed E-state index contributed by atoms with van der Waals surface area (Å²) < 4.78 is 107. The molecular weight excluding hydrogens is 601 g/mol. The molecule has 0 aromatic heterocycles. The molecule has 12 nitrogen and oxygen atoms in total. The topological polar surface area (TPSA) is 186 Å². The van der Waals surface area contributed by atoms with Crippen molar-refractivity contribution in [2.24, 2.45) is 19.3 Å². The van der Waals surface area contributed by atoms with E-state index in [9.17, 15) is 33.7 Å². The number of hydrogen-bond donors (Lipinski definition) is 0. The lowest BCUT2D eigenvalue weighted by molar-refractivity contribution is 0.483.